The zero-order valence-corrected chi connectivity index (χ0v) is 14.3. The molecule has 0 saturated carbocycles. The maximum absolute atomic E-state index is 13.4. The van der Waals surface area contributed by atoms with Crippen LogP contribution in [0, 0.1) is 12.7 Å². The van der Waals surface area contributed by atoms with Gasteiger partial charge in [-0.1, -0.05) is 28.5 Å². The van der Waals surface area contributed by atoms with Crippen LogP contribution in [0.2, 0.25) is 0 Å². The number of nitrogens with one attached hydrogen (secondary N) is 1. The Labute approximate surface area is 148 Å². The molecule has 0 aliphatic carbocycles. The minimum absolute atomic E-state index is 0.120. The number of halogens is 2. The number of hydrogen-bond acceptors (Lipinski definition) is 6. The van der Waals surface area contributed by atoms with Crippen molar-refractivity contribution in [2.45, 2.75) is 20.0 Å². The molecule has 0 radical (unpaired) electrons. The fourth-order valence-electron chi connectivity index (χ4n) is 2.29. The van der Waals surface area contributed by atoms with E-state index in [0.29, 0.717) is 29.5 Å². The predicted molar refractivity (Wildman–Crippen MR) is 91.8 cm³/mol. The Balaban J connectivity index is 1.82. The van der Waals surface area contributed by atoms with Crippen molar-refractivity contribution < 1.29 is 13.8 Å². The lowest BCUT2D eigenvalue weighted by atomic mass is 10.1. The van der Waals surface area contributed by atoms with E-state index in [4.69, 9.17) is 16.3 Å². The largest absolute Gasteiger partial charge is 0.472 e. The topological polar surface area (TPSA) is 73.1 Å². The van der Waals surface area contributed by atoms with Crippen LogP contribution in [0.5, 0.6) is 5.88 Å². The van der Waals surface area contributed by atoms with Gasteiger partial charge in [-0.15, -0.1) is 0 Å². The van der Waals surface area contributed by atoms with Gasteiger partial charge in [0.25, 0.3) is 0 Å². The Morgan fingerprint density at radius 1 is 1.32 bits per heavy atom. The molecular formula is C17H16ClFN4O2. The first-order valence-corrected chi connectivity index (χ1v) is 7.95. The van der Waals surface area contributed by atoms with Crippen LogP contribution in [0.3, 0.4) is 0 Å². The molecule has 0 atom stereocenters. The zero-order chi connectivity index (χ0) is 17.8. The van der Waals surface area contributed by atoms with Crippen LogP contribution < -0.4 is 10.1 Å². The minimum Gasteiger partial charge on any atom is -0.472 e. The van der Waals surface area contributed by atoms with E-state index in [1.165, 1.54) is 12.1 Å². The Morgan fingerprint density at radius 3 is 2.88 bits per heavy atom. The van der Waals surface area contributed by atoms with E-state index in [2.05, 4.69) is 31.8 Å². The van der Waals surface area contributed by atoms with Crippen LogP contribution in [0.15, 0.2) is 40.5 Å². The Hall–Kier alpha value is -2.51. The van der Waals surface area contributed by atoms with Gasteiger partial charge < -0.3 is 10.1 Å². The summed E-state index contributed by atoms with van der Waals surface area (Å²) in [5.41, 5.74) is 2.78. The van der Waals surface area contributed by atoms with Crippen molar-refractivity contribution in [1.29, 1.82) is 0 Å². The van der Waals surface area contributed by atoms with Gasteiger partial charge in [0.05, 0.1) is 5.52 Å². The number of nitrogens with zero attached hydrogens (tertiary/aromatic N) is 3. The number of ether oxygens (including phenoxy) is 1. The van der Waals surface area contributed by atoms with Gasteiger partial charge in [0.1, 0.15) is 23.8 Å². The van der Waals surface area contributed by atoms with E-state index >= 15 is 0 Å². The van der Waals surface area contributed by atoms with E-state index < -0.39 is 0 Å². The van der Waals surface area contributed by atoms with Gasteiger partial charge in [-0.05, 0) is 25.1 Å². The summed E-state index contributed by atoms with van der Waals surface area (Å²) >= 11 is 5.76. The molecule has 2 heterocycles. The third-order valence-corrected chi connectivity index (χ3v) is 3.65. The molecule has 2 aromatic heterocycles. The van der Waals surface area contributed by atoms with Crippen molar-refractivity contribution >= 4 is 22.5 Å². The fourth-order valence-corrected chi connectivity index (χ4v) is 2.34. The highest BCUT2D eigenvalue weighted by atomic mass is 35.5. The number of rotatable bonds is 7. The minimum atomic E-state index is -0.354. The average Bonchev–Trinajstić information content (AvgIpc) is 2.98. The highest BCUT2D eigenvalue weighted by Gasteiger charge is 2.11. The highest BCUT2D eigenvalue weighted by Crippen LogP contribution is 2.24. The van der Waals surface area contributed by atoms with Gasteiger partial charge in [-0.2, -0.15) is 0 Å². The van der Waals surface area contributed by atoms with Crippen LogP contribution in [0.1, 0.15) is 17.0 Å². The number of pyridine rings is 1. The van der Waals surface area contributed by atoms with Crippen molar-refractivity contribution in [3.8, 4) is 5.88 Å². The van der Waals surface area contributed by atoms with Crippen molar-refractivity contribution in [2.24, 2.45) is 0 Å². The quantitative estimate of drug-likeness (QED) is 0.693. The Morgan fingerprint density at radius 2 is 2.16 bits per heavy atom. The normalized spacial score (nSPS) is 11.0. The van der Waals surface area contributed by atoms with E-state index in [0.717, 1.165) is 22.3 Å². The molecule has 0 saturated heterocycles. The summed E-state index contributed by atoms with van der Waals surface area (Å²) in [4.78, 5) is 4.39. The molecule has 6 nitrogen and oxygen atoms in total. The lowest BCUT2D eigenvalue weighted by Crippen LogP contribution is -2.15. The first-order valence-electron chi connectivity index (χ1n) is 7.57. The third-order valence-electron chi connectivity index (χ3n) is 3.54. The number of aromatic nitrogens is 3. The first-order chi connectivity index (χ1) is 12.0. The number of aryl methyl sites for hydroxylation is 1. The molecule has 0 unspecified atom stereocenters. The smallest absolute Gasteiger partial charge is 0.218 e. The Bertz CT molecular complexity index is 913. The molecule has 0 fully saturated rings. The van der Waals surface area contributed by atoms with Crippen LogP contribution in [-0.2, 0) is 13.1 Å². The molecule has 1 aromatic carbocycles. The molecule has 0 amide bonds. The van der Waals surface area contributed by atoms with E-state index in [1.807, 2.05) is 13.0 Å². The molecule has 1 N–H and O–H groups in total. The van der Waals surface area contributed by atoms with E-state index in [1.54, 1.807) is 6.07 Å². The zero-order valence-electron chi connectivity index (χ0n) is 13.6. The Kier molecular flexibility index (Phi) is 5.25. The first kappa shape index (κ1) is 17.3. The van der Waals surface area contributed by atoms with Crippen molar-refractivity contribution in [3.05, 3.63) is 58.6 Å². The molecule has 3 rings (SSSR count). The molecule has 0 bridgehead atoms. The molecule has 3 aromatic rings. The van der Waals surface area contributed by atoms with Crippen LogP contribution in [-0.4, -0.2) is 21.9 Å². The molecular weight excluding hydrogens is 347 g/mol. The lowest BCUT2D eigenvalue weighted by molar-refractivity contribution is 0.300. The summed E-state index contributed by atoms with van der Waals surface area (Å²) in [6, 6.07) is 6.33. The van der Waals surface area contributed by atoms with E-state index in [9.17, 15) is 4.39 Å². The molecule has 0 aliphatic rings. The number of benzene rings is 1. The number of hydrogen-bond donors (Lipinski definition) is 1. The molecule has 8 heteroatoms. The van der Waals surface area contributed by atoms with Gasteiger partial charge >= 0.3 is 0 Å². The van der Waals surface area contributed by atoms with Gasteiger partial charge in [-0.25, -0.2) is 14.0 Å². The highest BCUT2D eigenvalue weighted by molar-refractivity contribution is 6.29. The monoisotopic (exact) mass is 362 g/mol. The van der Waals surface area contributed by atoms with Crippen molar-refractivity contribution in [1.82, 2.24) is 20.6 Å². The summed E-state index contributed by atoms with van der Waals surface area (Å²) in [6.07, 6.45) is 0. The summed E-state index contributed by atoms with van der Waals surface area (Å²) in [5.74, 6) is 0.0231. The lowest BCUT2D eigenvalue weighted by Gasteiger charge is -2.12. The molecule has 0 spiro atoms. The van der Waals surface area contributed by atoms with Gasteiger partial charge in [0.15, 0.2) is 0 Å². The second kappa shape index (κ2) is 7.58. The number of fused-ring (bicyclic) bond motifs is 1. The molecule has 25 heavy (non-hydrogen) atoms. The summed E-state index contributed by atoms with van der Waals surface area (Å²) in [6.45, 7) is 6.49. The van der Waals surface area contributed by atoms with Crippen molar-refractivity contribution in [2.75, 3.05) is 6.61 Å². The van der Waals surface area contributed by atoms with Gasteiger partial charge in [0, 0.05) is 35.1 Å². The molecule has 0 aliphatic heterocycles. The second-order valence-corrected chi connectivity index (χ2v) is 6.03. The third kappa shape index (κ3) is 4.32. The standard InChI is InChI=1S/C17H16ClFN4O2/c1-10(18)9-24-17-13(7-20-8-16-11(2)22-25-23-16)5-12-3-4-14(19)6-15(12)21-17/h3-6,20H,1,7-9H2,2H3. The SMILES string of the molecule is C=C(Cl)COc1nc2cc(F)ccc2cc1CNCc1nonc1C. The van der Waals surface area contributed by atoms with Crippen LogP contribution >= 0.6 is 11.6 Å². The van der Waals surface area contributed by atoms with E-state index in [-0.39, 0.29) is 12.4 Å². The maximum atomic E-state index is 13.4. The van der Waals surface area contributed by atoms with Crippen LogP contribution in [0.4, 0.5) is 4.39 Å². The van der Waals surface area contributed by atoms with Gasteiger partial charge in [0.2, 0.25) is 5.88 Å². The summed E-state index contributed by atoms with van der Waals surface area (Å²) in [5, 5.41) is 12.0. The van der Waals surface area contributed by atoms with Crippen LogP contribution in [0.25, 0.3) is 10.9 Å². The fraction of sp³-hybridized carbons (Fsp3) is 0.235. The molecule has 130 valence electrons. The summed E-state index contributed by atoms with van der Waals surface area (Å²) < 4.78 is 23.7. The van der Waals surface area contributed by atoms with Gasteiger partial charge in [-0.3, -0.25) is 0 Å². The maximum Gasteiger partial charge on any atom is 0.218 e. The summed E-state index contributed by atoms with van der Waals surface area (Å²) in [7, 11) is 0. The second-order valence-electron chi connectivity index (χ2n) is 5.50. The average molecular weight is 363 g/mol. The van der Waals surface area contributed by atoms with Crippen molar-refractivity contribution in [3.63, 3.8) is 0 Å². The predicted octanol–water partition coefficient (Wildman–Crippen LogP) is 3.49.